The summed E-state index contributed by atoms with van der Waals surface area (Å²) in [6, 6.07) is 20.7. The maximum atomic E-state index is 11.4. The van der Waals surface area contributed by atoms with Crippen LogP contribution in [0, 0.1) is 0 Å². The van der Waals surface area contributed by atoms with Gasteiger partial charge in [0.05, 0.1) is 12.5 Å². The molecule has 0 radical (unpaired) electrons. The Balaban J connectivity index is 1.79. The Hall–Kier alpha value is -2.33. The van der Waals surface area contributed by atoms with Gasteiger partial charge in [-0.1, -0.05) is 48.5 Å². The number of rotatable bonds is 5. The van der Waals surface area contributed by atoms with Crippen molar-refractivity contribution in [3.8, 4) is 0 Å². The minimum absolute atomic E-state index is 0.0256. The van der Waals surface area contributed by atoms with Gasteiger partial charge in [-0.3, -0.25) is 9.69 Å². The third-order valence-corrected chi connectivity index (χ3v) is 4.86. The number of anilines is 1. The maximum Gasteiger partial charge on any atom is 0.305 e. The number of para-hydroxylation sites is 1. The first kappa shape index (κ1) is 16.5. The lowest BCUT2D eigenvalue weighted by atomic mass is 9.98. The molecule has 24 heavy (non-hydrogen) atoms. The predicted molar refractivity (Wildman–Crippen MR) is 96.1 cm³/mol. The zero-order valence-electron chi connectivity index (χ0n) is 14.0. The highest BCUT2D eigenvalue weighted by Gasteiger charge is 2.35. The molecule has 1 saturated heterocycles. The van der Waals surface area contributed by atoms with Gasteiger partial charge in [0.1, 0.15) is 0 Å². The number of carboxylic acid groups (broad SMARTS) is 1. The van der Waals surface area contributed by atoms with Crippen molar-refractivity contribution in [1.29, 1.82) is 0 Å². The van der Waals surface area contributed by atoms with E-state index in [1.54, 1.807) is 0 Å². The molecule has 3 rings (SSSR count). The molecule has 2 aromatic rings. The fourth-order valence-electron chi connectivity index (χ4n) is 3.55. The fourth-order valence-corrected chi connectivity index (χ4v) is 3.55. The van der Waals surface area contributed by atoms with Gasteiger partial charge in [-0.05, 0) is 24.6 Å². The van der Waals surface area contributed by atoms with Gasteiger partial charge in [-0.25, -0.2) is 0 Å². The van der Waals surface area contributed by atoms with Gasteiger partial charge in [-0.2, -0.15) is 0 Å². The molecule has 4 nitrogen and oxygen atoms in total. The van der Waals surface area contributed by atoms with Crippen LogP contribution in [0.25, 0.3) is 0 Å². The van der Waals surface area contributed by atoms with Gasteiger partial charge in [-0.15, -0.1) is 0 Å². The van der Waals surface area contributed by atoms with Gasteiger partial charge in [0.25, 0.3) is 0 Å². The molecule has 1 aliphatic rings. The third-order valence-electron chi connectivity index (χ3n) is 4.86. The van der Waals surface area contributed by atoms with E-state index in [2.05, 4.69) is 53.1 Å². The van der Waals surface area contributed by atoms with E-state index < -0.39 is 5.97 Å². The topological polar surface area (TPSA) is 43.8 Å². The second-order valence-corrected chi connectivity index (χ2v) is 6.39. The number of carbonyl (C=O) groups is 1. The number of hydrogen-bond donors (Lipinski definition) is 1. The second kappa shape index (κ2) is 7.49. The lowest BCUT2D eigenvalue weighted by Crippen LogP contribution is -2.58. The Labute approximate surface area is 143 Å². The van der Waals surface area contributed by atoms with Gasteiger partial charge >= 0.3 is 5.97 Å². The van der Waals surface area contributed by atoms with Crippen LogP contribution >= 0.6 is 0 Å². The fraction of sp³-hybridized carbons (Fsp3) is 0.350. The quantitative estimate of drug-likeness (QED) is 0.917. The van der Waals surface area contributed by atoms with Crippen LogP contribution in [0.2, 0.25) is 0 Å². The largest absolute Gasteiger partial charge is 0.481 e. The summed E-state index contributed by atoms with van der Waals surface area (Å²) in [5.41, 5.74) is 2.38. The molecular formula is C20H24N2O2. The first-order valence-electron chi connectivity index (χ1n) is 8.46. The number of hydrogen-bond acceptors (Lipinski definition) is 3. The molecule has 1 fully saturated rings. The molecule has 1 heterocycles. The van der Waals surface area contributed by atoms with Crippen LogP contribution in [0.15, 0.2) is 60.7 Å². The summed E-state index contributed by atoms with van der Waals surface area (Å²) >= 11 is 0. The number of piperazine rings is 1. The molecule has 0 aliphatic carbocycles. The van der Waals surface area contributed by atoms with E-state index in [0.717, 1.165) is 25.3 Å². The molecule has 0 amide bonds. The normalized spacial score (nSPS) is 21.6. The third kappa shape index (κ3) is 3.77. The van der Waals surface area contributed by atoms with Crippen molar-refractivity contribution >= 4 is 11.7 Å². The summed E-state index contributed by atoms with van der Waals surface area (Å²) < 4.78 is 0. The molecule has 1 aliphatic heterocycles. The molecule has 0 bridgehead atoms. The molecule has 126 valence electrons. The summed E-state index contributed by atoms with van der Waals surface area (Å²) in [7, 11) is 0. The summed E-state index contributed by atoms with van der Waals surface area (Å²) in [5, 5.41) is 9.38. The predicted octanol–water partition coefficient (Wildman–Crippen LogP) is 3.24. The lowest BCUT2D eigenvalue weighted by molar-refractivity contribution is -0.138. The summed E-state index contributed by atoms with van der Waals surface area (Å²) in [5.74, 6) is -0.741. The van der Waals surface area contributed by atoms with Crippen LogP contribution in [0.4, 0.5) is 5.69 Å². The number of aliphatic carboxylic acids is 1. The van der Waals surface area contributed by atoms with Crippen LogP contribution in [-0.4, -0.2) is 41.1 Å². The van der Waals surface area contributed by atoms with Crippen LogP contribution in [0.3, 0.4) is 0 Å². The minimum atomic E-state index is -0.741. The Bertz CT molecular complexity index is 660. The lowest BCUT2D eigenvalue weighted by Gasteiger charge is -2.47. The van der Waals surface area contributed by atoms with Gasteiger partial charge in [0.15, 0.2) is 0 Å². The van der Waals surface area contributed by atoms with E-state index >= 15 is 0 Å². The molecule has 2 atom stereocenters. The highest BCUT2D eigenvalue weighted by Crippen LogP contribution is 2.27. The van der Waals surface area contributed by atoms with Crippen molar-refractivity contribution < 1.29 is 9.90 Å². The summed E-state index contributed by atoms with van der Waals surface area (Å²) in [6.07, 6.45) is 0.154. The molecule has 0 spiro atoms. The first-order chi connectivity index (χ1) is 11.6. The molecule has 2 aromatic carbocycles. The number of nitrogens with zero attached hydrogens (tertiary/aromatic N) is 2. The van der Waals surface area contributed by atoms with Crippen molar-refractivity contribution in [3.63, 3.8) is 0 Å². The standard InChI is InChI=1S/C20H24N2O2/c1-16-19(14-20(23)24)22(18-10-6-3-7-11-18)13-12-21(16)15-17-8-4-2-5-9-17/h2-11,16,19H,12-15H2,1H3,(H,23,24)/t16-,19-/m0/s1. The van der Waals surface area contributed by atoms with Crippen LogP contribution < -0.4 is 4.90 Å². The van der Waals surface area contributed by atoms with E-state index in [1.807, 2.05) is 24.3 Å². The Kier molecular flexibility index (Phi) is 5.16. The molecule has 0 unspecified atom stereocenters. The van der Waals surface area contributed by atoms with E-state index in [1.165, 1.54) is 5.56 Å². The molecule has 4 heteroatoms. The van der Waals surface area contributed by atoms with Crippen molar-refractivity contribution in [3.05, 3.63) is 66.2 Å². The number of benzene rings is 2. The van der Waals surface area contributed by atoms with Crippen molar-refractivity contribution in [2.24, 2.45) is 0 Å². The smallest absolute Gasteiger partial charge is 0.305 e. The Morgan fingerprint density at radius 1 is 1.04 bits per heavy atom. The minimum Gasteiger partial charge on any atom is -0.481 e. The zero-order chi connectivity index (χ0) is 16.9. The van der Waals surface area contributed by atoms with Gasteiger partial charge < -0.3 is 10.0 Å². The molecule has 0 saturated carbocycles. The second-order valence-electron chi connectivity index (χ2n) is 6.39. The molecular weight excluding hydrogens is 300 g/mol. The summed E-state index contributed by atoms with van der Waals surface area (Å²) in [4.78, 5) is 16.1. The average Bonchev–Trinajstić information content (AvgIpc) is 2.60. The van der Waals surface area contributed by atoms with Crippen molar-refractivity contribution in [2.75, 3.05) is 18.0 Å². The van der Waals surface area contributed by atoms with Crippen molar-refractivity contribution in [2.45, 2.75) is 32.0 Å². The first-order valence-corrected chi connectivity index (χ1v) is 8.46. The van der Waals surface area contributed by atoms with E-state index in [9.17, 15) is 9.90 Å². The van der Waals surface area contributed by atoms with Crippen molar-refractivity contribution in [1.82, 2.24) is 4.90 Å². The van der Waals surface area contributed by atoms with E-state index in [-0.39, 0.29) is 18.5 Å². The number of carboxylic acids is 1. The zero-order valence-corrected chi connectivity index (χ0v) is 14.0. The highest BCUT2D eigenvalue weighted by atomic mass is 16.4. The molecule has 1 N–H and O–H groups in total. The SMILES string of the molecule is C[C@H]1[C@H](CC(=O)O)N(c2ccccc2)CCN1Cc1ccccc1. The van der Waals surface area contributed by atoms with Gasteiger partial charge in [0, 0.05) is 31.4 Å². The van der Waals surface area contributed by atoms with Crippen LogP contribution in [0.1, 0.15) is 18.9 Å². The summed E-state index contributed by atoms with van der Waals surface area (Å²) in [6.45, 7) is 4.78. The maximum absolute atomic E-state index is 11.4. The van der Waals surface area contributed by atoms with Gasteiger partial charge in [0.2, 0.25) is 0 Å². The average molecular weight is 324 g/mol. The highest BCUT2D eigenvalue weighted by molar-refractivity contribution is 5.69. The molecule has 0 aromatic heterocycles. The van der Waals surface area contributed by atoms with Crippen LogP contribution in [-0.2, 0) is 11.3 Å². The van der Waals surface area contributed by atoms with E-state index in [0.29, 0.717) is 0 Å². The van der Waals surface area contributed by atoms with E-state index in [4.69, 9.17) is 0 Å². The monoisotopic (exact) mass is 324 g/mol. The Morgan fingerprint density at radius 3 is 2.29 bits per heavy atom. The Morgan fingerprint density at radius 2 is 1.67 bits per heavy atom. The van der Waals surface area contributed by atoms with Crippen LogP contribution in [0.5, 0.6) is 0 Å².